The molecule has 1 fully saturated rings. The number of amides is 1. The Kier molecular flexibility index (Phi) is 5.06. The van der Waals surface area contributed by atoms with Gasteiger partial charge in [0, 0.05) is 37.6 Å². The molecule has 2 N–H and O–H groups in total. The molecule has 1 aromatic carbocycles. The Hall–Kier alpha value is -2.38. The lowest BCUT2D eigenvalue weighted by Crippen LogP contribution is -2.58. The molecule has 1 saturated heterocycles. The van der Waals surface area contributed by atoms with Crippen molar-refractivity contribution in [2.45, 2.75) is 18.4 Å². The van der Waals surface area contributed by atoms with E-state index in [1.165, 1.54) is 0 Å². The number of carboxylic acid groups (broad SMARTS) is 1. The molecule has 0 aliphatic carbocycles. The summed E-state index contributed by atoms with van der Waals surface area (Å²) in [5, 5.41) is 13.3. The fourth-order valence-corrected chi connectivity index (χ4v) is 3.00. The van der Waals surface area contributed by atoms with Crippen molar-refractivity contribution in [2.24, 2.45) is 0 Å². The van der Waals surface area contributed by atoms with Crippen LogP contribution in [0.2, 0.25) is 5.02 Å². The van der Waals surface area contributed by atoms with Crippen LogP contribution in [0.3, 0.4) is 0 Å². The number of halogens is 1. The molecular formula is C17H17ClN2O5. The lowest BCUT2D eigenvalue weighted by molar-refractivity contribution is -0.152. The van der Waals surface area contributed by atoms with Gasteiger partial charge in [0.1, 0.15) is 16.8 Å². The molecule has 0 spiro atoms. The molecule has 0 bridgehead atoms. The molecule has 2 heterocycles. The van der Waals surface area contributed by atoms with Crippen molar-refractivity contribution in [2.75, 3.05) is 19.8 Å². The number of aromatic nitrogens is 1. The molecule has 7 nitrogen and oxygen atoms in total. The first-order chi connectivity index (χ1) is 12.0. The molecule has 3 rings (SSSR count). The normalized spacial score (nSPS) is 16.4. The summed E-state index contributed by atoms with van der Waals surface area (Å²) in [5.74, 6) is -1.17. The van der Waals surface area contributed by atoms with Crippen LogP contribution in [-0.2, 0) is 14.3 Å². The molecule has 0 saturated carbocycles. The highest BCUT2D eigenvalue weighted by Crippen LogP contribution is 2.29. The minimum atomic E-state index is -1.31. The second kappa shape index (κ2) is 7.25. The van der Waals surface area contributed by atoms with Crippen LogP contribution in [0.5, 0.6) is 5.75 Å². The molecule has 1 aromatic heterocycles. The molecule has 25 heavy (non-hydrogen) atoms. The third-order valence-corrected chi connectivity index (χ3v) is 4.50. The number of hydrogen-bond acceptors (Lipinski definition) is 5. The Morgan fingerprint density at radius 2 is 2.08 bits per heavy atom. The van der Waals surface area contributed by atoms with Crippen LogP contribution in [0.4, 0.5) is 0 Å². The molecule has 1 amide bonds. The van der Waals surface area contributed by atoms with Gasteiger partial charge in [-0.25, -0.2) is 4.79 Å². The van der Waals surface area contributed by atoms with Gasteiger partial charge in [-0.1, -0.05) is 11.6 Å². The monoisotopic (exact) mass is 364 g/mol. The Labute approximate surface area is 148 Å². The summed E-state index contributed by atoms with van der Waals surface area (Å²) in [6.07, 6.45) is 2.05. The third kappa shape index (κ3) is 3.67. The van der Waals surface area contributed by atoms with E-state index in [2.05, 4.69) is 10.3 Å². The summed E-state index contributed by atoms with van der Waals surface area (Å²) in [6.45, 7) is 0.265. The van der Waals surface area contributed by atoms with Crippen molar-refractivity contribution in [1.29, 1.82) is 0 Å². The van der Waals surface area contributed by atoms with E-state index in [-0.39, 0.29) is 19.4 Å². The molecule has 1 aliphatic rings. The van der Waals surface area contributed by atoms with E-state index < -0.39 is 17.4 Å². The molecule has 0 atom stereocenters. The first kappa shape index (κ1) is 17.4. The number of carbonyl (C=O) groups is 2. The molecule has 0 unspecified atom stereocenters. The Bertz CT molecular complexity index is 805. The lowest BCUT2D eigenvalue weighted by atomic mass is 9.90. The van der Waals surface area contributed by atoms with Gasteiger partial charge >= 0.3 is 5.97 Å². The smallest absolute Gasteiger partial charge is 0.329 e. The van der Waals surface area contributed by atoms with E-state index >= 15 is 0 Å². The Balaban J connectivity index is 1.70. The molecule has 0 radical (unpaired) electrons. The minimum absolute atomic E-state index is 0.222. The van der Waals surface area contributed by atoms with Crippen LogP contribution in [0, 0.1) is 0 Å². The number of fused-ring (bicyclic) bond motifs is 1. The highest BCUT2D eigenvalue weighted by Gasteiger charge is 2.41. The van der Waals surface area contributed by atoms with E-state index in [1.807, 2.05) is 0 Å². The van der Waals surface area contributed by atoms with Crippen LogP contribution in [0.1, 0.15) is 12.8 Å². The summed E-state index contributed by atoms with van der Waals surface area (Å²) in [6, 6.07) is 6.86. The summed E-state index contributed by atoms with van der Waals surface area (Å²) in [7, 11) is 0. The molecule has 1 aliphatic heterocycles. The number of aliphatic carboxylic acids is 1. The van der Waals surface area contributed by atoms with Crippen LogP contribution in [0.25, 0.3) is 10.9 Å². The minimum Gasteiger partial charge on any atom is -0.481 e. The van der Waals surface area contributed by atoms with Crippen molar-refractivity contribution in [3.8, 4) is 5.75 Å². The maximum absolute atomic E-state index is 12.2. The third-order valence-electron chi connectivity index (χ3n) is 4.17. The van der Waals surface area contributed by atoms with Gasteiger partial charge in [-0.2, -0.15) is 0 Å². The second-order valence-electron chi connectivity index (χ2n) is 5.78. The Morgan fingerprint density at radius 1 is 1.32 bits per heavy atom. The average molecular weight is 365 g/mol. The largest absolute Gasteiger partial charge is 0.481 e. The highest BCUT2D eigenvalue weighted by molar-refractivity contribution is 6.35. The van der Waals surface area contributed by atoms with E-state index in [0.29, 0.717) is 34.9 Å². The molecule has 8 heteroatoms. The number of pyridine rings is 1. The van der Waals surface area contributed by atoms with Gasteiger partial charge < -0.3 is 19.9 Å². The van der Waals surface area contributed by atoms with Gasteiger partial charge in [0.15, 0.2) is 6.61 Å². The van der Waals surface area contributed by atoms with Gasteiger partial charge in [-0.3, -0.25) is 9.78 Å². The average Bonchev–Trinajstić information content (AvgIpc) is 2.62. The summed E-state index contributed by atoms with van der Waals surface area (Å²) >= 11 is 6.12. The van der Waals surface area contributed by atoms with E-state index in [4.69, 9.17) is 21.1 Å². The number of hydrogen-bond donors (Lipinski definition) is 2. The first-order valence-electron chi connectivity index (χ1n) is 7.80. The van der Waals surface area contributed by atoms with Crippen molar-refractivity contribution in [3.63, 3.8) is 0 Å². The van der Waals surface area contributed by atoms with Crippen molar-refractivity contribution >= 4 is 34.4 Å². The number of benzene rings is 1. The fourth-order valence-electron chi connectivity index (χ4n) is 2.79. The van der Waals surface area contributed by atoms with E-state index in [9.17, 15) is 14.7 Å². The van der Waals surface area contributed by atoms with Crippen molar-refractivity contribution in [1.82, 2.24) is 10.3 Å². The van der Waals surface area contributed by atoms with Gasteiger partial charge in [0.05, 0.1) is 5.02 Å². The molecule has 132 valence electrons. The fraction of sp³-hybridized carbons (Fsp3) is 0.353. The van der Waals surface area contributed by atoms with Crippen LogP contribution >= 0.6 is 11.6 Å². The molecular weight excluding hydrogens is 348 g/mol. The van der Waals surface area contributed by atoms with Crippen molar-refractivity contribution < 1.29 is 24.2 Å². The predicted molar refractivity (Wildman–Crippen MR) is 90.8 cm³/mol. The number of carboxylic acids is 1. The number of rotatable bonds is 5. The number of ether oxygens (including phenoxy) is 2. The van der Waals surface area contributed by atoms with Gasteiger partial charge in [0.25, 0.3) is 5.91 Å². The van der Waals surface area contributed by atoms with Crippen molar-refractivity contribution in [3.05, 3.63) is 35.5 Å². The predicted octanol–water partition coefficient (Wildman–Crippen LogP) is 2.02. The van der Waals surface area contributed by atoms with E-state index in [1.54, 1.807) is 30.5 Å². The van der Waals surface area contributed by atoms with Crippen LogP contribution in [-0.4, -0.2) is 47.3 Å². The Morgan fingerprint density at radius 3 is 2.80 bits per heavy atom. The van der Waals surface area contributed by atoms with Gasteiger partial charge in [-0.05, 0) is 24.3 Å². The summed E-state index contributed by atoms with van der Waals surface area (Å²) in [4.78, 5) is 28.0. The first-order valence-corrected chi connectivity index (χ1v) is 8.18. The zero-order chi connectivity index (χ0) is 17.9. The van der Waals surface area contributed by atoms with Gasteiger partial charge in [-0.15, -0.1) is 0 Å². The molecule has 2 aromatic rings. The van der Waals surface area contributed by atoms with Gasteiger partial charge in [0.2, 0.25) is 0 Å². The topological polar surface area (TPSA) is 97.8 Å². The highest BCUT2D eigenvalue weighted by atomic mass is 35.5. The summed E-state index contributed by atoms with van der Waals surface area (Å²) in [5.41, 5.74) is -0.763. The maximum Gasteiger partial charge on any atom is 0.329 e. The number of nitrogens with zero attached hydrogens (tertiary/aromatic N) is 1. The van der Waals surface area contributed by atoms with Crippen LogP contribution < -0.4 is 10.1 Å². The number of nitrogens with one attached hydrogen (secondary N) is 1. The van der Waals surface area contributed by atoms with Crippen LogP contribution in [0.15, 0.2) is 30.5 Å². The second-order valence-corrected chi connectivity index (χ2v) is 6.19. The quantitative estimate of drug-likeness (QED) is 0.842. The SMILES string of the molecule is O=C(COc1ccc(Cl)c2cccnc12)NC1(C(=O)O)CCOCC1. The lowest BCUT2D eigenvalue weighted by Gasteiger charge is -2.33. The zero-order valence-electron chi connectivity index (χ0n) is 13.3. The maximum atomic E-state index is 12.2. The van der Waals surface area contributed by atoms with E-state index in [0.717, 1.165) is 0 Å². The standard InChI is InChI=1S/C17H17ClN2O5/c18-12-3-4-13(15-11(12)2-1-7-19-15)25-10-14(21)20-17(16(22)23)5-8-24-9-6-17/h1-4,7H,5-6,8-10H2,(H,20,21)(H,22,23). The number of carbonyl (C=O) groups excluding carboxylic acids is 1. The summed E-state index contributed by atoms with van der Waals surface area (Å²) < 4.78 is 10.7. The zero-order valence-corrected chi connectivity index (χ0v) is 14.1.